The van der Waals surface area contributed by atoms with Crippen LogP contribution in [-0.2, 0) is 4.74 Å². The highest BCUT2D eigenvalue weighted by Gasteiger charge is 2.16. The maximum atomic E-state index is 12.6. The molecule has 35 heavy (non-hydrogen) atoms. The van der Waals surface area contributed by atoms with E-state index in [9.17, 15) is 4.79 Å². The Kier molecular flexibility index (Phi) is 8.98. The minimum absolute atomic E-state index is 0.0173. The first kappa shape index (κ1) is 26.8. The van der Waals surface area contributed by atoms with E-state index in [1.54, 1.807) is 0 Å². The molecular formula is C25H40N8O2. The van der Waals surface area contributed by atoms with Gasteiger partial charge in [-0.15, -0.1) is 10.2 Å². The number of fused-ring (bicyclic) bond motifs is 3. The number of carbonyl (C=O) groups is 1. The van der Waals surface area contributed by atoms with Gasteiger partial charge in [-0.2, -0.15) is 0 Å². The average Bonchev–Trinajstić information content (AvgIpc) is 3.16. The number of benzene rings is 1. The molecule has 0 saturated carbocycles. The average molecular weight is 485 g/mol. The number of rotatable bonds is 12. The van der Waals surface area contributed by atoms with Crippen molar-refractivity contribution in [3.05, 3.63) is 29.6 Å². The fraction of sp³-hybridized carbons (Fsp3) is 0.600. The van der Waals surface area contributed by atoms with E-state index in [1.165, 1.54) is 0 Å². The summed E-state index contributed by atoms with van der Waals surface area (Å²) in [5, 5.41) is 18.4. The van der Waals surface area contributed by atoms with Gasteiger partial charge in [-0.25, -0.2) is 4.98 Å². The van der Waals surface area contributed by atoms with Crippen LogP contribution >= 0.6 is 0 Å². The maximum absolute atomic E-state index is 12.6. The van der Waals surface area contributed by atoms with E-state index in [2.05, 4.69) is 46.9 Å². The van der Waals surface area contributed by atoms with E-state index in [0.29, 0.717) is 23.6 Å². The van der Waals surface area contributed by atoms with E-state index in [1.807, 2.05) is 55.4 Å². The van der Waals surface area contributed by atoms with Crippen LogP contribution in [0.25, 0.3) is 16.7 Å². The first-order valence-corrected chi connectivity index (χ1v) is 12.3. The van der Waals surface area contributed by atoms with Gasteiger partial charge in [-0.3, -0.25) is 14.5 Å². The zero-order valence-corrected chi connectivity index (χ0v) is 22.1. The van der Waals surface area contributed by atoms with Gasteiger partial charge in [0.2, 0.25) is 5.65 Å². The van der Waals surface area contributed by atoms with E-state index in [4.69, 9.17) is 9.72 Å². The normalized spacial score (nSPS) is 13.0. The van der Waals surface area contributed by atoms with Gasteiger partial charge >= 0.3 is 0 Å². The molecule has 10 heteroatoms. The maximum Gasteiger partial charge on any atom is 0.251 e. The van der Waals surface area contributed by atoms with Crippen LogP contribution in [-0.4, -0.2) is 82.5 Å². The van der Waals surface area contributed by atoms with E-state index < -0.39 is 0 Å². The third-order valence-electron chi connectivity index (χ3n) is 5.45. The molecule has 0 aliphatic carbocycles. The number of nitrogens with one attached hydrogen (secondary N) is 3. The Bertz CT molecular complexity index is 1140. The summed E-state index contributed by atoms with van der Waals surface area (Å²) in [6, 6.07) is 5.54. The molecule has 0 aliphatic rings. The summed E-state index contributed by atoms with van der Waals surface area (Å²) in [6.45, 7) is 13.1. The van der Waals surface area contributed by atoms with Gasteiger partial charge in [-0.1, -0.05) is 0 Å². The van der Waals surface area contributed by atoms with Crippen molar-refractivity contribution in [2.24, 2.45) is 0 Å². The number of hydrogen-bond acceptors (Lipinski definition) is 8. The van der Waals surface area contributed by atoms with Gasteiger partial charge in [0, 0.05) is 25.2 Å². The summed E-state index contributed by atoms with van der Waals surface area (Å²) in [7, 11) is 3.96. The number of unbranched alkanes of at least 4 members (excludes halogenated alkanes) is 1. The Hall–Kier alpha value is -2.82. The van der Waals surface area contributed by atoms with Crippen LogP contribution in [0.15, 0.2) is 18.2 Å². The summed E-state index contributed by atoms with van der Waals surface area (Å²) in [4.78, 5) is 19.4. The van der Waals surface area contributed by atoms with Crippen LogP contribution in [0.5, 0.6) is 0 Å². The zero-order valence-electron chi connectivity index (χ0n) is 22.1. The molecule has 2 heterocycles. The third kappa shape index (κ3) is 7.58. The van der Waals surface area contributed by atoms with Gasteiger partial charge in [0.25, 0.3) is 5.91 Å². The van der Waals surface area contributed by atoms with Crippen molar-refractivity contribution in [1.82, 2.24) is 35.1 Å². The molecule has 1 unspecified atom stereocenters. The van der Waals surface area contributed by atoms with Crippen LogP contribution in [0.1, 0.15) is 56.7 Å². The fourth-order valence-electron chi connectivity index (χ4n) is 3.86. The molecule has 1 amide bonds. The number of hydrogen-bond donors (Lipinski definition) is 3. The van der Waals surface area contributed by atoms with Gasteiger partial charge in [-0.05, 0) is 86.3 Å². The molecule has 3 rings (SSSR count). The van der Waals surface area contributed by atoms with Crippen LogP contribution in [0.2, 0.25) is 0 Å². The molecular weight excluding hydrogens is 444 g/mol. The molecule has 3 N–H and O–H groups in total. The third-order valence-corrected chi connectivity index (χ3v) is 5.45. The second-order valence-corrected chi connectivity index (χ2v) is 10.1. The van der Waals surface area contributed by atoms with Crippen LogP contribution < -0.4 is 16.0 Å². The predicted octanol–water partition coefficient (Wildman–Crippen LogP) is 2.82. The van der Waals surface area contributed by atoms with Crippen molar-refractivity contribution in [3.8, 4) is 0 Å². The zero-order chi connectivity index (χ0) is 25.6. The second kappa shape index (κ2) is 11.7. The number of carbonyl (C=O) groups excluding carboxylic acids is 1. The molecule has 0 bridgehead atoms. The number of nitrogens with zero attached hydrogens (tertiary/aromatic N) is 5. The Morgan fingerprint density at radius 3 is 2.60 bits per heavy atom. The number of aromatic nitrogens is 4. The number of likely N-dealkylation sites (N-methyl/N-ethyl adjacent to an activating group) is 1. The highest BCUT2D eigenvalue weighted by atomic mass is 16.5. The molecule has 0 aliphatic heterocycles. The second-order valence-electron chi connectivity index (χ2n) is 10.1. The summed E-state index contributed by atoms with van der Waals surface area (Å²) in [5.74, 6) is 1.34. The minimum Gasteiger partial charge on any atom is -0.367 e. The summed E-state index contributed by atoms with van der Waals surface area (Å²) in [6.07, 6.45) is 2.00. The summed E-state index contributed by atoms with van der Waals surface area (Å²) in [5.41, 5.74) is 2.68. The van der Waals surface area contributed by atoms with Crippen molar-refractivity contribution in [2.45, 2.75) is 59.3 Å². The van der Waals surface area contributed by atoms with E-state index >= 15 is 0 Å². The van der Waals surface area contributed by atoms with Gasteiger partial charge in [0.05, 0.1) is 16.6 Å². The van der Waals surface area contributed by atoms with Crippen molar-refractivity contribution in [3.63, 3.8) is 0 Å². The molecule has 0 spiro atoms. The lowest BCUT2D eigenvalue weighted by Crippen LogP contribution is -2.36. The molecule has 3 aromatic rings. The van der Waals surface area contributed by atoms with Crippen molar-refractivity contribution in [2.75, 3.05) is 45.6 Å². The van der Waals surface area contributed by atoms with Crippen molar-refractivity contribution >= 4 is 28.4 Å². The van der Waals surface area contributed by atoms with Crippen LogP contribution in [0.3, 0.4) is 0 Å². The van der Waals surface area contributed by atoms with Crippen LogP contribution in [0, 0.1) is 6.92 Å². The van der Waals surface area contributed by atoms with Crippen molar-refractivity contribution in [1.29, 1.82) is 0 Å². The largest absolute Gasteiger partial charge is 0.367 e. The van der Waals surface area contributed by atoms with Crippen molar-refractivity contribution < 1.29 is 9.53 Å². The molecule has 2 aromatic heterocycles. The molecule has 192 valence electrons. The minimum atomic E-state index is -0.159. The first-order valence-electron chi connectivity index (χ1n) is 12.3. The number of amides is 1. The molecule has 0 saturated heterocycles. The van der Waals surface area contributed by atoms with Crippen LogP contribution in [0.4, 0.5) is 5.82 Å². The lowest BCUT2D eigenvalue weighted by Gasteiger charge is -2.25. The Balaban J connectivity index is 1.64. The monoisotopic (exact) mass is 484 g/mol. The Morgan fingerprint density at radius 2 is 1.89 bits per heavy atom. The summed E-state index contributed by atoms with van der Waals surface area (Å²) >= 11 is 0. The van der Waals surface area contributed by atoms with Gasteiger partial charge in [0.15, 0.2) is 5.82 Å². The highest BCUT2D eigenvalue weighted by Crippen LogP contribution is 2.23. The summed E-state index contributed by atoms with van der Waals surface area (Å²) < 4.78 is 7.83. The number of anilines is 1. The number of aryl methyl sites for hydroxylation is 1. The lowest BCUT2D eigenvalue weighted by molar-refractivity contribution is -0.0654. The SMILES string of the molecule is Cc1nnc2c(NCCCCNC(C)OC(C)(C)C)nc3ccc(C(=O)NCCN(C)C)cc3n12. The number of ether oxygens (including phenoxy) is 1. The highest BCUT2D eigenvalue weighted by molar-refractivity contribution is 5.98. The molecule has 0 radical (unpaired) electrons. The molecule has 1 atom stereocenters. The van der Waals surface area contributed by atoms with Gasteiger partial charge < -0.3 is 20.3 Å². The van der Waals surface area contributed by atoms with E-state index in [0.717, 1.165) is 49.3 Å². The van der Waals surface area contributed by atoms with Gasteiger partial charge in [0.1, 0.15) is 12.1 Å². The lowest BCUT2D eigenvalue weighted by atomic mass is 10.1. The Morgan fingerprint density at radius 1 is 1.14 bits per heavy atom. The molecule has 0 fully saturated rings. The molecule has 10 nitrogen and oxygen atoms in total. The standard InChI is InChI=1S/C25H40N8O2/c1-17-30-31-23-22(27-13-9-8-12-26-18(2)35-25(3,4)5)29-20-11-10-19(16-21(20)33(17)23)24(34)28-14-15-32(6)7/h10-11,16,18,26H,8-9,12-15H2,1-7H3,(H,27,29)(H,28,34). The quantitative estimate of drug-likeness (QED) is 0.266. The predicted molar refractivity (Wildman–Crippen MR) is 140 cm³/mol. The fourth-order valence-corrected chi connectivity index (χ4v) is 3.86. The topological polar surface area (TPSA) is 109 Å². The first-order chi connectivity index (χ1) is 16.5. The van der Waals surface area contributed by atoms with E-state index in [-0.39, 0.29) is 17.7 Å². The smallest absolute Gasteiger partial charge is 0.251 e. The Labute approximate surface area is 207 Å². The molecule has 1 aromatic carbocycles.